The van der Waals surface area contributed by atoms with Gasteiger partial charge in [-0.3, -0.25) is 0 Å². The molecule has 1 atom stereocenters. The SMILES string of the molecule is O=C(OCCC1CCCO1)c1cscn1. The fraction of sp³-hybridized carbons (Fsp3) is 0.600. The zero-order valence-corrected chi connectivity index (χ0v) is 9.16. The van der Waals surface area contributed by atoms with Gasteiger partial charge in [-0.15, -0.1) is 11.3 Å². The molecule has 0 saturated carbocycles. The summed E-state index contributed by atoms with van der Waals surface area (Å²) < 4.78 is 10.5. The lowest BCUT2D eigenvalue weighted by Gasteiger charge is -2.08. The third-order valence-electron chi connectivity index (χ3n) is 2.34. The highest BCUT2D eigenvalue weighted by molar-refractivity contribution is 7.07. The van der Waals surface area contributed by atoms with Gasteiger partial charge in [-0.05, 0) is 12.8 Å². The maximum absolute atomic E-state index is 11.4. The maximum Gasteiger partial charge on any atom is 0.357 e. The van der Waals surface area contributed by atoms with Gasteiger partial charge >= 0.3 is 5.97 Å². The molecule has 1 aromatic heterocycles. The fourth-order valence-electron chi connectivity index (χ4n) is 1.54. The van der Waals surface area contributed by atoms with Gasteiger partial charge < -0.3 is 9.47 Å². The van der Waals surface area contributed by atoms with Crippen LogP contribution in [0, 0.1) is 0 Å². The Bertz CT molecular complexity index is 306. The summed E-state index contributed by atoms with van der Waals surface area (Å²) in [5.41, 5.74) is 2.02. The second-order valence-electron chi connectivity index (χ2n) is 3.43. The fourth-order valence-corrected chi connectivity index (χ4v) is 2.06. The molecule has 1 aliphatic rings. The third kappa shape index (κ3) is 3.00. The molecule has 0 spiro atoms. The minimum Gasteiger partial charge on any atom is -0.461 e. The molecule has 0 N–H and O–H groups in total. The van der Waals surface area contributed by atoms with Crippen LogP contribution in [0.15, 0.2) is 10.9 Å². The molecule has 4 nitrogen and oxygen atoms in total. The van der Waals surface area contributed by atoms with Gasteiger partial charge in [0.05, 0.1) is 18.2 Å². The first-order chi connectivity index (χ1) is 7.36. The van der Waals surface area contributed by atoms with Crippen molar-refractivity contribution in [3.8, 4) is 0 Å². The average molecular weight is 227 g/mol. The van der Waals surface area contributed by atoms with E-state index in [0.717, 1.165) is 25.9 Å². The summed E-state index contributed by atoms with van der Waals surface area (Å²) in [6.45, 7) is 1.26. The van der Waals surface area contributed by atoms with Crippen LogP contribution in [-0.2, 0) is 9.47 Å². The number of thiazole rings is 1. The van der Waals surface area contributed by atoms with Crippen LogP contribution in [0.1, 0.15) is 29.8 Å². The second kappa shape index (κ2) is 5.23. The van der Waals surface area contributed by atoms with E-state index >= 15 is 0 Å². The Kier molecular flexibility index (Phi) is 3.69. The van der Waals surface area contributed by atoms with E-state index in [0.29, 0.717) is 12.3 Å². The van der Waals surface area contributed by atoms with Crippen molar-refractivity contribution in [1.29, 1.82) is 0 Å². The van der Waals surface area contributed by atoms with Gasteiger partial charge in [-0.2, -0.15) is 0 Å². The molecule has 0 aliphatic carbocycles. The van der Waals surface area contributed by atoms with Gasteiger partial charge in [0.2, 0.25) is 0 Å². The Labute approximate surface area is 92.2 Å². The zero-order chi connectivity index (χ0) is 10.5. The van der Waals surface area contributed by atoms with Gasteiger partial charge in [0.1, 0.15) is 0 Å². The van der Waals surface area contributed by atoms with Crippen LogP contribution in [0.3, 0.4) is 0 Å². The molecule has 1 unspecified atom stereocenters. The highest BCUT2D eigenvalue weighted by atomic mass is 32.1. The molecule has 2 heterocycles. The first-order valence-electron chi connectivity index (χ1n) is 5.03. The lowest BCUT2D eigenvalue weighted by atomic mass is 10.2. The molecular formula is C10H13NO3S. The first-order valence-corrected chi connectivity index (χ1v) is 5.97. The predicted octanol–water partition coefficient (Wildman–Crippen LogP) is 1.87. The van der Waals surface area contributed by atoms with E-state index < -0.39 is 0 Å². The number of rotatable bonds is 4. The standard InChI is InChI=1S/C10H13NO3S/c12-10(9-6-15-7-11-9)14-5-3-8-2-1-4-13-8/h6-8H,1-5H2. The molecule has 0 radical (unpaired) electrons. The average Bonchev–Trinajstić information content (AvgIpc) is 2.90. The lowest BCUT2D eigenvalue weighted by Crippen LogP contribution is -2.13. The Morgan fingerprint density at radius 3 is 3.33 bits per heavy atom. The van der Waals surface area contributed by atoms with Crippen molar-refractivity contribution in [3.63, 3.8) is 0 Å². The van der Waals surface area contributed by atoms with Crippen LogP contribution in [-0.4, -0.2) is 30.3 Å². The van der Waals surface area contributed by atoms with E-state index in [1.54, 1.807) is 10.9 Å². The van der Waals surface area contributed by atoms with E-state index in [4.69, 9.17) is 9.47 Å². The smallest absolute Gasteiger partial charge is 0.357 e. The number of hydrogen-bond acceptors (Lipinski definition) is 5. The Morgan fingerprint density at radius 1 is 1.73 bits per heavy atom. The molecule has 0 aromatic carbocycles. The zero-order valence-electron chi connectivity index (χ0n) is 8.35. The summed E-state index contributed by atoms with van der Waals surface area (Å²) >= 11 is 1.39. The van der Waals surface area contributed by atoms with Crippen LogP contribution in [0.25, 0.3) is 0 Å². The summed E-state index contributed by atoms with van der Waals surface area (Å²) in [5, 5.41) is 1.69. The van der Waals surface area contributed by atoms with Crippen LogP contribution in [0.5, 0.6) is 0 Å². The number of ether oxygens (including phenoxy) is 2. The van der Waals surface area contributed by atoms with Crippen LogP contribution < -0.4 is 0 Å². The molecule has 1 fully saturated rings. The van der Waals surface area contributed by atoms with Crippen molar-refractivity contribution in [2.75, 3.05) is 13.2 Å². The molecule has 2 rings (SSSR count). The van der Waals surface area contributed by atoms with Crippen molar-refractivity contribution in [1.82, 2.24) is 4.98 Å². The maximum atomic E-state index is 11.4. The van der Waals surface area contributed by atoms with Crippen molar-refractivity contribution < 1.29 is 14.3 Å². The molecule has 0 bridgehead atoms. The largest absolute Gasteiger partial charge is 0.461 e. The molecule has 1 aliphatic heterocycles. The summed E-state index contributed by atoms with van der Waals surface area (Å²) in [7, 11) is 0. The minimum absolute atomic E-state index is 0.272. The third-order valence-corrected chi connectivity index (χ3v) is 2.92. The first kappa shape index (κ1) is 10.6. The minimum atomic E-state index is -0.339. The van der Waals surface area contributed by atoms with Crippen LogP contribution in [0.2, 0.25) is 0 Å². The highest BCUT2D eigenvalue weighted by Crippen LogP contribution is 2.15. The van der Waals surface area contributed by atoms with E-state index in [1.165, 1.54) is 11.3 Å². The van der Waals surface area contributed by atoms with Crippen molar-refractivity contribution in [3.05, 3.63) is 16.6 Å². The molecule has 1 aromatic rings. The topological polar surface area (TPSA) is 48.4 Å². The summed E-state index contributed by atoms with van der Waals surface area (Å²) in [4.78, 5) is 15.2. The molecule has 15 heavy (non-hydrogen) atoms. The van der Waals surface area contributed by atoms with Gasteiger partial charge in [0.15, 0.2) is 5.69 Å². The molecule has 82 valence electrons. The summed E-state index contributed by atoms with van der Waals surface area (Å²) in [5.74, 6) is -0.339. The monoisotopic (exact) mass is 227 g/mol. The number of aromatic nitrogens is 1. The van der Waals surface area contributed by atoms with Gasteiger partial charge in [-0.25, -0.2) is 9.78 Å². The Morgan fingerprint density at radius 2 is 2.67 bits per heavy atom. The van der Waals surface area contributed by atoms with E-state index in [2.05, 4.69) is 4.98 Å². The number of nitrogens with zero attached hydrogens (tertiary/aromatic N) is 1. The number of carbonyl (C=O) groups excluding carboxylic acids is 1. The van der Waals surface area contributed by atoms with Gasteiger partial charge in [0.25, 0.3) is 0 Å². The van der Waals surface area contributed by atoms with E-state index in [1.807, 2.05) is 0 Å². The summed E-state index contributed by atoms with van der Waals surface area (Å²) in [6.07, 6.45) is 3.25. The second-order valence-corrected chi connectivity index (χ2v) is 4.15. The molecular weight excluding hydrogens is 214 g/mol. The number of esters is 1. The van der Waals surface area contributed by atoms with E-state index in [-0.39, 0.29) is 12.1 Å². The number of hydrogen-bond donors (Lipinski definition) is 0. The van der Waals surface area contributed by atoms with Gasteiger partial charge in [0, 0.05) is 18.4 Å². The molecule has 1 saturated heterocycles. The lowest BCUT2D eigenvalue weighted by molar-refractivity contribution is 0.0381. The highest BCUT2D eigenvalue weighted by Gasteiger charge is 2.16. The van der Waals surface area contributed by atoms with Crippen molar-refractivity contribution in [2.45, 2.75) is 25.4 Å². The van der Waals surface area contributed by atoms with Crippen LogP contribution >= 0.6 is 11.3 Å². The number of carbonyl (C=O) groups is 1. The van der Waals surface area contributed by atoms with Crippen LogP contribution in [0.4, 0.5) is 0 Å². The molecule has 0 amide bonds. The normalized spacial score (nSPS) is 20.4. The van der Waals surface area contributed by atoms with Crippen molar-refractivity contribution in [2.24, 2.45) is 0 Å². The van der Waals surface area contributed by atoms with Gasteiger partial charge in [-0.1, -0.05) is 0 Å². The Balaban J connectivity index is 1.67. The molecule has 5 heteroatoms. The van der Waals surface area contributed by atoms with E-state index in [9.17, 15) is 4.79 Å². The summed E-state index contributed by atoms with van der Waals surface area (Å²) in [6, 6.07) is 0. The quantitative estimate of drug-likeness (QED) is 0.737. The van der Waals surface area contributed by atoms with Crippen molar-refractivity contribution >= 4 is 17.3 Å². The predicted molar refractivity (Wildman–Crippen MR) is 56.0 cm³/mol. The Hall–Kier alpha value is -0.940.